The van der Waals surface area contributed by atoms with Crippen LogP contribution in [0.2, 0.25) is 0 Å². The van der Waals surface area contributed by atoms with Gasteiger partial charge in [-0.25, -0.2) is 0 Å². The molecule has 0 aliphatic carbocycles. The van der Waals surface area contributed by atoms with Crippen LogP contribution in [-0.2, 0) is 4.79 Å². The molecule has 1 aromatic carbocycles. The summed E-state index contributed by atoms with van der Waals surface area (Å²) in [6.07, 6.45) is -0.729. The largest absolute Gasteiger partial charge is 0.388 e. The summed E-state index contributed by atoms with van der Waals surface area (Å²) < 4.78 is 0. The summed E-state index contributed by atoms with van der Waals surface area (Å²) in [7, 11) is 0. The van der Waals surface area contributed by atoms with Crippen molar-refractivity contribution in [3.8, 4) is 0 Å². The molecule has 0 amide bonds. The first kappa shape index (κ1) is 15.9. The molecule has 1 N–H and O–H groups in total. The van der Waals surface area contributed by atoms with Crippen LogP contribution in [-0.4, -0.2) is 10.9 Å². The molecule has 2 atom stereocenters. The van der Waals surface area contributed by atoms with E-state index in [-0.39, 0.29) is 11.7 Å². The van der Waals surface area contributed by atoms with Gasteiger partial charge in [-0.3, -0.25) is 4.79 Å². The molecule has 0 aromatic heterocycles. The van der Waals surface area contributed by atoms with E-state index in [0.717, 1.165) is 16.7 Å². The molecule has 19 heavy (non-hydrogen) atoms. The molecule has 0 spiro atoms. The van der Waals surface area contributed by atoms with Crippen LogP contribution in [0.1, 0.15) is 56.1 Å². The summed E-state index contributed by atoms with van der Waals surface area (Å²) in [6.45, 7) is 13.5. The van der Waals surface area contributed by atoms with Crippen molar-refractivity contribution in [2.45, 2.75) is 54.6 Å². The van der Waals surface area contributed by atoms with E-state index < -0.39 is 11.5 Å². The third-order valence-corrected chi connectivity index (χ3v) is 3.66. The van der Waals surface area contributed by atoms with Crippen molar-refractivity contribution in [1.29, 1.82) is 0 Å². The molecule has 0 saturated heterocycles. The second-order valence-electron chi connectivity index (χ2n) is 6.66. The minimum absolute atomic E-state index is 0.0966. The van der Waals surface area contributed by atoms with Crippen LogP contribution in [0.3, 0.4) is 0 Å². The molecule has 0 aliphatic rings. The molecule has 0 aliphatic heterocycles. The first-order valence-corrected chi connectivity index (χ1v) is 6.86. The lowest BCUT2D eigenvalue weighted by molar-refractivity contribution is -0.133. The zero-order chi connectivity index (χ0) is 15.0. The molecule has 1 rings (SSSR count). The van der Waals surface area contributed by atoms with Crippen LogP contribution >= 0.6 is 0 Å². The molecule has 0 saturated carbocycles. The van der Waals surface area contributed by atoms with Gasteiger partial charge in [0, 0.05) is 11.3 Å². The minimum Gasteiger partial charge on any atom is -0.388 e. The quantitative estimate of drug-likeness (QED) is 0.897. The predicted molar refractivity (Wildman–Crippen MR) is 79.2 cm³/mol. The van der Waals surface area contributed by atoms with Gasteiger partial charge in [-0.2, -0.15) is 0 Å². The highest BCUT2D eigenvalue weighted by Gasteiger charge is 2.32. The molecular weight excluding hydrogens is 236 g/mol. The van der Waals surface area contributed by atoms with Crippen LogP contribution in [0, 0.1) is 32.1 Å². The van der Waals surface area contributed by atoms with Gasteiger partial charge in [0.05, 0.1) is 6.10 Å². The van der Waals surface area contributed by atoms with Crippen LogP contribution < -0.4 is 0 Å². The van der Waals surface area contributed by atoms with Crippen molar-refractivity contribution in [3.63, 3.8) is 0 Å². The number of Topliss-reactive ketones (excluding diaryl/α,β-unsaturated/α-hetero) is 1. The Morgan fingerprint density at radius 1 is 1.11 bits per heavy atom. The molecule has 0 heterocycles. The number of hydrogen-bond donors (Lipinski definition) is 1. The molecule has 0 unspecified atom stereocenters. The van der Waals surface area contributed by atoms with Gasteiger partial charge in [-0.1, -0.05) is 45.4 Å². The lowest BCUT2D eigenvalue weighted by Crippen LogP contribution is -2.31. The van der Waals surface area contributed by atoms with Crippen molar-refractivity contribution in [2.75, 3.05) is 0 Å². The minimum atomic E-state index is -0.729. The average Bonchev–Trinajstić information content (AvgIpc) is 2.24. The topological polar surface area (TPSA) is 37.3 Å². The van der Waals surface area contributed by atoms with Crippen molar-refractivity contribution < 1.29 is 9.90 Å². The number of hydrogen-bond acceptors (Lipinski definition) is 2. The summed E-state index contributed by atoms with van der Waals surface area (Å²) in [5, 5.41) is 10.6. The van der Waals surface area contributed by atoms with E-state index in [1.165, 1.54) is 5.56 Å². The molecule has 0 bridgehead atoms. The van der Waals surface area contributed by atoms with Crippen molar-refractivity contribution in [3.05, 3.63) is 34.4 Å². The number of ketones is 1. The molecule has 106 valence electrons. The third kappa shape index (κ3) is 3.44. The third-order valence-electron chi connectivity index (χ3n) is 3.66. The summed E-state index contributed by atoms with van der Waals surface area (Å²) in [6, 6.07) is 4.11. The molecular formula is C17H26O2. The molecule has 0 fully saturated rings. The van der Waals surface area contributed by atoms with E-state index in [1.807, 2.05) is 48.5 Å². The predicted octanol–water partition coefficient (Wildman–Crippen LogP) is 3.90. The summed E-state index contributed by atoms with van der Waals surface area (Å²) in [4.78, 5) is 12.3. The highest BCUT2D eigenvalue weighted by molar-refractivity contribution is 5.86. The SMILES string of the molecule is Cc1cc(C)c([C@H](O)[C@H](C)C(=O)C(C)(C)C)c(C)c1. The van der Waals surface area contributed by atoms with Gasteiger partial charge in [-0.05, 0) is 37.5 Å². The second-order valence-corrected chi connectivity index (χ2v) is 6.66. The average molecular weight is 262 g/mol. The fraction of sp³-hybridized carbons (Fsp3) is 0.588. The number of carbonyl (C=O) groups is 1. The first-order chi connectivity index (χ1) is 8.55. The number of aryl methyl sites for hydroxylation is 3. The smallest absolute Gasteiger partial charge is 0.143 e. The lowest BCUT2D eigenvalue weighted by Gasteiger charge is -2.27. The second kappa shape index (κ2) is 5.46. The maximum atomic E-state index is 12.3. The number of aliphatic hydroxyl groups excluding tert-OH is 1. The Kier molecular flexibility index (Phi) is 4.57. The highest BCUT2D eigenvalue weighted by Crippen LogP contribution is 2.33. The van der Waals surface area contributed by atoms with Gasteiger partial charge in [-0.15, -0.1) is 0 Å². The lowest BCUT2D eigenvalue weighted by atomic mass is 9.78. The monoisotopic (exact) mass is 262 g/mol. The summed E-state index contributed by atoms with van der Waals surface area (Å²) in [5.41, 5.74) is 3.76. The fourth-order valence-corrected chi connectivity index (χ4v) is 2.73. The molecule has 0 radical (unpaired) electrons. The maximum Gasteiger partial charge on any atom is 0.143 e. The Labute approximate surface area is 116 Å². The Bertz CT molecular complexity index is 458. The molecule has 2 nitrogen and oxygen atoms in total. The standard InChI is InChI=1S/C17H26O2/c1-10-8-11(2)14(12(3)9-10)15(18)13(4)16(19)17(5,6)7/h8-9,13,15,18H,1-7H3/t13-,15+/m0/s1. The Morgan fingerprint density at radius 2 is 1.53 bits per heavy atom. The van der Waals surface area contributed by atoms with E-state index in [4.69, 9.17) is 0 Å². The van der Waals surface area contributed by atoms with Gasteiger partial charge >= 0.3 is 0 Å². The summed E-state index contributed by atoms with van der Waals surface area (Å²) >= 11 is 0. The van der Waals surface area contributed by atoms with Crippen LogP contribution in [0.25, 0.3) is 0 Å². The zero-order valence-electron chi connectivity index (χ0n) is 13.2. The van der Waals surface area contributed by atoms with Crippen LogP contribution in [0.5, 0.6) is 0 Å². The van der Waals surface area contributed by atoms with E-state index in [2.05, 4.69) is 12.1 Å². The molecule has 2 heteroatoms. The number of benzene rings is 1. The fourth-order valence-electron chi connectivity index (χ4n) is 2.73. The van der Waals surface area contributed by atoms with Crippen molar-refractivity contribution in [2.24, 2.45) is 11.3 Å². The van der Waals surface area contributed by atoms with Gasteiger partial charge in [0.1, 0.15) is 5.78 Å². The van der Waals surface area contributed by atoms with E-state index >= 15 is 0 Å². The Balaban J connectivity index is 3.14. The van der Waals surface area contributed by atoms with Crippen molar-refractivity contribution in [1.82, 2.24) is 0 Å². The number of carbonyl (C=O) groups excluding carboxylic acids is 1. The van der Waals surface area contributed by atoms with Crippen molar-refractivity contribution >= 4 is 5.78 Å². The summed E-state index contributed by atoms with van der Waals surface area (Å²) in [5.74, 6) is -0.292. The van der Waals surface area contributed by atoms with E-state index in [0.29, 0.717) is 0 Å². The maximum absolute atomic E-state index is 12.3. The van der Waals surface area contributed by atoms with E-state index in [1.54, 1.807) is 0 Å². The Hall–Kier alpha value is -1.15. The van der Waals surface area contributed by atoms with Crippen LogP contribution in [0.15, 0.2) is 12.1 Å². The zero-order valence-corrected chi connectivity index (χ0v) is 13.2. The van der Waals surface area contributed by atoms with Gasteiger partial charge in [0.25, 0.3) is 0 Å². The first-order valence-electron chi connectivity index (χ1n) is 6.86. The van der Waals surface area contributed by atoms with Gasteiger partial charge < -0.3 is 5.11 Å². The van der Waals surface area contributed by atoms with E-state index in [9.17, 15) is 9.90 Å². The highest BCUT2D eigenvalue weighted by atomic mass is 16.3. The molecule has 1 aromatic rings. The van der Waals surface area contributed by atoms with Gasteiger partial charge in [0.15, 0.2) is 0 Å². The van der Waals surface area contributed by atoms with Gasteiger partial charge in [0.2, 0.25) is 0 Å². The number of aliphatic hydroxyl groups is 1. The van der Waals surface area contributed by atoms with Crippen LogP contribution in [0.4, 0.5) is 0 Å². The normalized spacial score (nSPS) is 15.2. The Morgan fingerprint density at radius 3 is 1.89 bits per heavy atom. The number of rotatable bonds is 3.